The molecule has 0 aromatic rings. The van der Waals surface area contributed by atoms with Crippen LogP contribution in [0.3, 0.4) is 0 Å². The maximum atomic E-state index is 12.4. The van der Waals surface area contributed by atoms with Crippen molar-refractivity contribution in [2.45, 2.75) is 31.7 Å². The van der Waals surface area contributed by atoms with Crippen molar-refractivity contribution >= 4 is 12.0 Å². The van der Waals surface area contributed by atoms with Crippen molar-refractivity contribution < 1.29 is 14.3 Å². The van der Waals surface area contributed by atoms with E-state index in [2.05, 4.69) is 16.1 Å². The van der Waals surface area contributed by atoms with Gasteiger partial charge in [0.05, 0.1) is 13.2 Å². The van der Waals surface area contributed by atoms with E-state index in [4.69, 9.17) is 5.26 Å². The topological polar surface area (TPSA) is 82.4 Å². The van der Waals surface area contributed by atoms with Crippen molar-refractivity contribution in [2.24, 2.45) is 11.8 Å². The lowest BCUT2D eigenvalue weighted by atomic mass is 9.97. The lowest BCUT2D eigenvalue weighted by Crippen LogP contribution is -2.51. The molecule has 1 atom stereocenters. The standard InChI is InChI=1S/C13H19N3O3/c1-19-13(18)15-11(10-2-3-10)12(17)16-6-4-9(8-14)5-7-16/h9-11H,2-7H2,1H3,(H,15,18). The van der Waals surface area contributed by atoms with Gasteiger partial charge in [-0.05, 0) is 31.6 Å². The number of piperidine rings is 1. The zero-order chi connectivity index (χ0) is 13.8. The Kier molecular flexibility index (Phi) is 4.25. The molecule has 2 aliphatic rings. The highest BCUT2D eigenvalue weighted by Gasteiger charge is 2.40. The lowest BCUT2D eigenvalue weighted by molar-refractivity contribution is -0.135. The van der Waals surface area contributed by atoms with Crippen LogP contribution >= 0.6 is 0 Å². The Labute approximate surface area is 112 Å². The van der Waals surface area contributed by atoms with E-state index in [1.807, 2.05) is 0 Å². The molecule has 1 unspecified atom stereocenters. The number of nitriles is 1. The van der Waals surface area contributed by atoms with Crippen molar-refractivity contribution in [3.63, 3.8) is 0 Å². The van der Waals surface area contributed by atoms with E-state index in [0.29, 0.717) is 13.1 Å². The van der Waals surface area contributed by atoms with Crippen LogP contribution in [-0.4, -0.2) is 43.1 Å². The molecule has 1 heterocycles. The zero-order valence-corrected chi connectivity index (χ0v) is 11.1. The number of ether oxygens (including phenoxy) is 1. The molecule has 0 radical (unpaired) electrons. The Bertz CT molecular complexity index is 392. The Balaban J connectivity index is 1.92. The highest BCUT2D eigenvalue weighted by molar-refractivity contribution is 5.86. The lowest BCUT2D eigenvalue weighted by Gasteiger charge is -2.32. The number of carbonyl (C=O) groups excluding carboxylic acids is 2. The number of methoxy groups -OCH3 is 1. The predicted molar refractivity (Wildman–Crippen MR) is 67.0 cm³/mol. The fourth-order valence-corrected chi connectivity index (χ4v) is 2.42. The summed E-state index contributed by atoms with van der Waals surface area (Å²) in [6.07, 6.45) is 2.82. The van der Waals surface area contributed by atoms with Crippen LogP contribution in [0, 0.1) is 23.2 Å². The summed E-state index contributed by atoms with van der Waals surface area (Å²) in [7, 11) is 1.29. The maximum Gasteiger partial charge on any atom is 0.407 e. The third-order valence-electron chi connectivity index (χ3n) is 3.81. The Morgan fingerprint density at radius 2 is 1.95 bits per heavy atom. The van der Waals surface area contributed by atoms with E-state index < -0.39 is 12.1 Å². The number of rotatable bonds is 3. The average Bonchev–Trinajstić information content (AvgIpc) is 3.28. The third-order valence-corrected chi connectivity index (χ3v) is 3.81. The molecule has 1 N–H and O–H groups in total. The molecule has 2 fully saturated rings. The fourth-order valence-electron chi connectivity index (χ4n) is 2.42. The van der Waals surface area contributed by atoms with E-state index in [0.717, 1.165) is 25.7 Å². The number of likely N-dealkylation sites (tertiary alicyclic amines) is 1. The number of nitrogens with one attached hydrogen (secondary N) is 1. The van der Waals surface area contributed by atoms with Gasteiger partial charge in [-0.2, -0.15) is 5.26 Å². The van der Waals surface area contributed by atoms with Crippen LogP contribution in [0.5, 0.6) is 0 Å². The number of carbonyl (C=O) groups is 2. The summed E-state index contributed by atoms with van der Waals surface area (Å²) in [5.74, 6) is 0.251. The normalized spacial score (nSPS) is 21.4. The Morgan fingerprint density at radius 1 is 1.32 bits per heavy atom. The van der Waals surface area contributed by atoms with E-state index in [1.54, 1.807) is 4.90 Å². The first-order valence-electron chi connectivity index (χ1n) is 6.68. The van der Waals surface area contributed by atoms with Crippen LogP contribution in [0.4, 0.5) is 4.79 Å². The first-order chi connectivity index (χ1) is 9.15. The van der Waals surface area contributed by atoms with Gasteiger partial charge in [0.1, 0.15) is 6.04 Å². The van der Waals surface area contributed by atoms with Crippen LogP contribution in [0.1, 0.15) is 25.7 Å². The second-order valence-corrected chi connectivity index (χ2v) is 5.18. The highest BCUT2D eigenvalue weighted by Crippen LogP contribution is 2.34. The summed E-state index contributed by atoms with van der Waals surface area (Å²) >= 11 is 0. The molecule has 2 amide bonds. The zero-order valence-electron chi connectivity index (χ0n) is 11.1. The predicted octanol–water partition coefficient (Wildman–Crippen LogP) is 0.883. The first-order valence-corrected chi connectivity index (χ1v) is 6.68. The van der Waals surface area contributed by atoms with Crippen molar-refractivity contribution in [3.8, 4) is 6.07 Å². The summed E-state index contributed by atoms with van der Waals surface area (Å²) < 4.78 is 4.57. The molecule has 0 spiro atoms. The molecule has 104 valence electrons. The summed E-state index contributed by atoms with van der Waals surface area (Å²) in [4.78, 5) is 25.4. The SMILES string of the molecule is COC(=O)NC(C(=O)N1CCC(C#N)CC1)C1CC1. The molecular formula is C13H19N3O3. The largest absolute Gasteiger partial charge is 0.453 e. The van der Waals surface area contributed by atoms with Crippen LogP contribution < -0.4 is 5.32 Å². The second-order valence-electron chi connectivity index (χ2n) is 5.18. The van der Waals surface area contributed by atoms with Crippen LogP contribution in [-0.2, 0) is 9.53 Å². The van der Waals surface area contributed by atoms with Crippen molar-refractivity contribution in [1.29, 1.82) is 5.26 Å². The van der Waals surface area contributed by atoms with Gasteiger partial charge in [-0.15, -0.1) is 0 Å². The molecule has 6 heteroatoms. The maximum absolute atomic E-state index is 12.4. The average molecular weight is 265 g/mol. The van der Waals surface area contributed by atoms with Crippen molar-refractivity contribution in [2.75, 3.05) is 20.2 Å². The minimum Gasteiger partial charge on any atom is -0.453 e. The number of amides is 2. The van der Waals surface area contributed by atoms with Gasteiger partial charge >= 0.3 is 6.09 Å². The van der Waals surface area contributed by atoms with E-state index in [1.165, 1.54) is 7.11 Å². The van der Waals surface area contributed by atoms with E-state index in [9.17, 15) is 9.59 Å². The van der Waals surface area contributed by atoms with Crippen LogP contribution in [0.15, 0.2) is 0 Å². The van der Waals surface area contributed by atoms with Gasteiger partial charge in [0.2, 0.25) is 5.91 Å². The summed E-state index contributed by atoms with van der Waals surface area (Å²) in [5.41, 5.74) is 0. The Morgan fingerprint density at radius 3 is 2.42 bits per heavy atom. The van der Waals surface area contributed by atoms with Gasteiger partial charge in [0.25, 0.3) is 0 Å². The minimum absolute atomic E-state index is 0.0377. The van der Waals surface area contributed by atoms with Crippen LogP contribution in [0.2, 0.25) is 0 Å². The molecule has 6 nitrogen and oxygen atoms in total. The van der Waals surface area contributed by atoms with E-state index >= 15 is 0 Å². The van der Waals surface area contributed by atoms with Gasteiger partial charge in [-0.25, -0.2) is 4.79 Å². The van der Waals surface area contributed by atoms with Gasteiger partial charge in [0.15, 0.2) is 0 Å². The molecule has 1 aliphatic carbocycles. The molecular weight excluding hydrogens is 246 g/mol. The first kappa shape index (κ1) is 13.7. The molecule has 1 saturated carbocycles. The van der Waals surface area contributed by atoms with Crippen LogP contribution in [0.25, 0.3) is 0 Å². The summed E-state index contributed by atoms with van der Waals surface area (Å²) in [5, 5.41) is 11.5. The number of hydrogen-bond acceptors (Lipinski definition) is 4. The molecule has 19 heavy (non-hydrogen) atoms. The molecule has 0 aromatic carbocycles. The number of nitrogens with zero attached hydrogens (tertiary/aromatic N) is 2. The van der Waals surface area contributed by atoms with Gasteiger partial charge in [0, 0.05) is 19.0 Å². The minimum atomic E-state index is -0.558. The quantitative estimate of drug-likeness (QED) is 0.821. The monoisotopic (exact) mass is 265 g/mol. The summed E-state index contributed by atoms with van der Waals surface area (Å²) in [6.45, 7) is 1.20. The second kappa shape index (κ2) is 5.91. The van der Waals surface area contributed by atoms with E-state index in [-0.39, 0.29) is 17.7 Å². The molecule has 0 bridgehead atoms. The highest BCUT2D eigenvalue weighted by atomic mass is 16.5. The third kappa shape index (κ3) is 3.37. The van der Waals surface area contributed by atoms with Crippen molar-refractivity contribution in [3.05, 3.63) is 0 Å². The number of alkyl carbamates (subject to hydrolysis) is 1. The van der Waals surface area contributed by atoms with Gasteiger partial charge < -0.3 is 15.0 Å². The van der Waals surface area contributed by atoms with Crippen molar-refractivity contribution in [1.82, 2.24) is 10.2 Å². The Hall–Kier alpha value is -1.77. The smallest absolute Gasteiger partial charge is 0.407 e. The van der Waals surface area contributed by atoms with Gasteiger partial charge in [-0.1, -0.05) is 0 Å². The fraction of sp³-hybridized carbons (Fsp3) is 0.769. The summed E-state index contributed by atoms with van der Waals surface area (Å²) in [6, 6.07) is 1.77. The molecule has 1 saturated heterocycles. The number of hydrogen-bond donors (Lipinski definition) is 1. The van der Waals surface area contributed by atoms with Gasteiger partial charge in [-0.3, -0.25) is 4.79 Å². The molecule has 2 rings (SSSR count). The molecule has 1 aliphatic heterocycles. The molecule has 0 aromatic heterocycles.